The molecule has 1 saturated heterocycles. The molecule has 1 fully saturated rings. The molecule has 0 aromatic heterocycles. The lowest BCUT2D eigenvalue weighted by molar-refractivity contribution is 0.153. The van der Waals surface area contributed by atoms with Gasteiger partial charge in [0.2, 0.25) is 0 Å². The Labute approximate surface area is 130 Å². The zero-order valence-electron chi connectivity index (χ0n) is 12.2. The predicted molar refractivity (Wildman–Crippen MR) is 87.1 cm³/mol. The number of nitrogens with zero attached hydrogens (tertiary/aromatic N) is 2. The summed E-state index contributed by atoms with van der Waals surface area (Å²) in [6.45, 7) is 7.12. The van der Waals surface area contributed by atoms with E-state index in [1.165, 1.54) is 61.2 Å². The van der Waals surface area contributed by atoms with E-state index in [-0.39, 0.29) is 0 Å². The van der Waals surface area contributed by atoms with Crippen molar-refractivity contribution in [3.8, 4) is 0 Å². The summed E-state index contributed by atoms with van der Waals surface area (Å²) in [7, 11) is 2.21. The van der Waals surface area contributed by atoms with Gasteiger partial charge in [0, 0.05) is 49.8 Å². The largest absolute Gasteiger partial charge is 0.309 e. The molecule has 1 N–H and O–H groups in total. The first kappa shape index (κ1) is 14.5. The fourth-order valence-corrected chi connectivity index (χ4v) is 3.67. The van der Waals surface area contributed by atoms with E-state index in [4.69, 9.17) is 0 Å². The third kappa shape index (κ3) is 3.42. The second kappa shape index (κ2) is 6.56. The van der Waals surface area contributed by atoms with Gasteiger partial charge in [-0.1, -0.05) is 22.0 Å². The van der Waals surface area contributed by atoms with Crippen LogP contribution in [0.4, 0.5) is 0 Å². The van der Waals surface area contributed by atoms with Gasteiger partial charge in [0.15, 0.2) is 0 Å². The molecular weight excluding hydrogens is 314 g/mol. The third-order valence-electron chi connectivity index (χ3n) is 4.60. The van der Waals surface area contributed by atoms with Crippen molar-refractivity contribution in [3.05, 3.63) is 33.8 Å². The van der Waals surface area contributed by atoms with Gasteiger partial charge in [0.25, 0.3) is 0 Å². The SMILES string of the molecule is CN1CCN(CCN[C@H]2CCc3cc(Br)ccc32)CC1. The highest BCUT2D eigenvalue weighted by atomic mass is 79.9. The standard InChI is InChI=1S/C16H24BrN3/c1-19-8-10-20(11-9-19)7-6-18-16-5-2-13-12-14(17)3-4-15(13)16/h3-4,12,16,18H,2,5-11H2,1H3/t16-/m0/s1. The third-order valence-corrected chi connectivity index (χ3v) is 5.09. The fourth-order valence-electron chi connectivity index (χ4n) is 3.27. The van der Waals surface area contributed by atoms with Crippen LogP contribution in [0.15, 0.2) is 22.7 Å². The van der Waals surface area contributed by atoms with Crippen LogP contribution < -0.4 is 5.32 Å². The first-order valence-corrected chi connectivity index (χ1v) is 8.44. The molecule has 2 aliphatic rings. The Kier molecular flexibility index (Phi) is 4.76. The number of fused-ring (bicyclic) bond motifs is 1. The highest BCUT2D eigenvalue weighted by molar-refractivity contribution is 9.10. The molecule has 0 radical (unpaired) electrons. The number of nitrogens with one attached hydrogen (secondary N) is 1. The molecule has 0 bridgehead atoms. The summed E-state index contributed by atoms with van der Waals surface area (Å²) in [5.74, 6) is 0. The van der Waals surface area contributed by atoms with Gasteiger partial charge in [-0.15, -0.1) is 0 Å². The monoisotopic (exact) mass is 337 g/mol. The fraction of sp³-hybridized carbons (Fsp3) is 0.625. The van der Waals surface area contributed by atoms with Crippen LogP contribution in [0.3, 0.4) is 0 Å². The van der Waals surface area contributed by atoms with Gasteiger partial charge in [-0.05, 0) is 43.1 Å². The van der Waals surface area contributed by atoms with Crippen molar-refractivity contribution in [2.75, 3.05) is 46.3 Å². The average molecular weight is 338 g/mol. The summed E-state index contributed by atoms with van der Waals surface area (Å²) < 4.78 is 1.20. The maximum atomic E-state index is 3.75. The molecule has 1 aliphatic heterocycles. The van der Waals surface area contributed by atoms with Crippen LogP contribution in [0.5, 0.6) is 0 Å². The van der Waals surface area contributed by atoms with Crippen molar-refractivity contribution in [1.82, 2.24) is 15.1 Å². The van der Waals surface area contributed by atoms with Gasteiger partial charge in [-0.25, -0.2) is 0 Å². The van der Waals surface area contributed by atoms with E-state index in [1.807, 2.05) is 0 Å². The van der Waals surface area contributed by atoms with Crippen molar-refractivity contribution in [3.63, 3.8) is 0 Å². The lowest BCUT2D eigenvalue weighted by atomic mass is 10.1. The number of hydrogen-bond acceptors (Lipinski definition) is 3. The van der Waals surface area contributed by atoms with E-state index < -0.39 is 0 Å². The highest BCUT2D eigenvalue weighted by Crippen LogP contribution is 2.32. The van der Waals surface area contributed by atoms with Crippen molar-refractivity contribution >= 4 is 15.9 Å². The Balaban J connectivity index is 1.46. The Morgan fingerprint density at radius 1 is 1.25 bits per heavy atom. The molecule has 1 atom stereocenters. The molecule has 0 unspecified atom stereocenters. The summed E-state index contributed by atoms with van der Waals surface area (Å²) in [4.78, 5) is 4.99. The number of benzene rings is 1. The van der Waals surface area contributed by atoms with Gasteiger partial charge in [-0.3, -0.25) is 4.90 Å². The van der Waals surface area contributed by atoms with E-state index in [2.05, 4.69) is 56.3 Å². The summed E-state index contributed by atoms with van der Waals surface area (Å²) in [5, 5.41) is 3.75. The Morgan fingerprint density at radius 2 is 2.05 bits per heavy atom. The van der Waals surface area contributed by atoms with Gasteiger partial charge in [0.1, 0.15) is 0 Å². The van der Waals surface area contributed by atoms with Crippen LogP contribution >= 0.6 is 15.9 Å². The van der Waals surface area contributed by atoms with Crippen molar-refractivity contribution < 1.29 is 0 Å². The van der Waals surface area contributed by atoms with Crippen LogP contribution in [-0.2, 0) is 6.42 Å². The molecule has 0 spiro atoms. The molecule has 3 nitrogen and oxygen atoms in total. The summed E-state index contributed by atoms with van der Waals surface area (Å²) in [6, 6.07) is 7.28. The molecule has 1 heterocycles. The molecule has 1 aromatic carbocycles. The molecule has 0 amide bonds. The zero-order valence-corrected chi connectivity index (χ0v) is 13.8. The minimum absolute atomic E-state index is 0.561. The van der Waals surface area contributed by atoms with E-state index >= 15 is 0 Å². The lowest BCUT2D eigenvalue weighted by Crippen LogP contribution is -2.46. The van der Waals surface area contributed by atoms with E-state index in [9.17, 15) is 0 Å². The molecule has 4 heteroatoms. The number of piperazine rings is 1. The molecule has 0 saturated carbocycles. The lowest BCUT2D eigenvalue weighted by Gasteiger charge is -2.32. The van der Waals surface area contributed by atoms with Crippen molar-refractivity contribution in [1.29, 1.82) is 0 Å². The van der Waals surface area contributed by atoms with E-state index in [0.717, 1.165) is 6.54 Å². The van der Waals surface area contributed by atoms with E-state index in [1.54, 1.807) is 0 Å². The van der Waals surface area contributed by atoms with Crippen LogP contribution in [0, 0.1) is 0 Å². The number of halogens is 1. The predicted octanol–water partition coefficient (Wildman–Crippen LogP) is 2.27. The second-order valence-electron chi connectivity index (χ2n) is 6.03. The molecule has 1 aliphatic carbocycles. The highest BCUT2D eigenvalue weighted by Gasteiger charge is 2.22. The van der Waals surface area contributed by atoms with Crippen LogP contribution in [0.2, 0.25) is 0 Å². The first-order chi connectivity index (χ1) is 9.72. The first-order valence-electron chi connectivity index (χ1n) is 7.65. The van der Waals surface area contributed by atoms with Gasteiger partial charge in [0.05, 0.1) is 0 Å². The molecule has 110 valence electrons. The van der Waals surface area contributed by atoms with Crippen molar-refractivity contribution in [2.45, 2.75) is 18.9 Å². The summed E-state index contributed by atoms with van der Waals surface area (Å²) >= 11 is 3.56. The molecule has 3 rings (SSSR count). The van der Waals surface area contributed by atoms with Crippen LogP contribution in [0.1, 0.15) is 23.6 Å². The summed E-state index contributed by atoms with van der Waals surface area (Å²) in [5.41, 5.74) is 3.02. The topological polar surface area (TPSA) is 18.5 Å². The molecule has 1 aromatic rings. The average Bonchev–Trinajstić information content (AvgIpc) is 2.83. The summed E-state index contributed by atoms with van der Waals surface area (Å²) in [6.07, 6.45) is 2.45. The molecule has 20 heavy (non-hydrogen) atoms. The minimum atomic E-state index is 0.561. The van der Waals surface area contributed by atoms with Gasteiger partial charge in [-0.2, -0.15) is 0 Å². The quantitative estimate of drug-likeness (QED) is 0.909. The maximum Gasteiger partial charge on any atom is 0.0326 e. The number of rotatable bonds is 4. The number of aryl methyl sites for hydroxylation is 1. The second-order valence-corrected chi connectivity index (χ2v) is 6.95. The molecular formula is C16H24BrN3. The Morgan fingerprint density at radius 3 is 2.85 bits per heavy atom. The van der Waals surface area contributed by atoms with Gasteiger partial charge < -0.3 is 10.2 Å². The maximum absolute atomic E-state index is 3.75. The van der Waals surface area contributed by atoms with Crippen molar-refractivity contribution in [2.24, 2.45) is 0 Å². The van der Waals surface area contributed by atoms with E-state index in [0.29, 0.717) is 6.04 Å². The van der Waals surface area contributed by atoms with Crippen LogP contribution in [0.25, 0.3) is 0 Å². The smallest absolute Gasteiger partial charge is 0.0326 e. The van der Waals surface area contributed by atoms with Crippen LogP contribution in [-0.4, -0.2) is 56.1 Å². The van der Waals surface area contributed by atoms with Gasteiger partial charge >= 0.3 is 0 Å². The normalized spacial score (nSPS) is 24.0. The minimum Gasteiger partial charge on any atom is -0.309 e. The Bertz CT molecular complexity index is 455. The zero-order chi connectivity index (χ0) is 13.9. The number of hydrogen-bond donors (Lipinski definition) is 1. The number of likely N-dealkylation sites (N-methyl/N-ethyl adjacent to an activating group) is 1. The Hall–Kier alpha value is -0.420.